The van der Waals surface area contributed by atoms with E-state index in [2.05, 4.69) is 15.3 Å². The van der Waals surface area contributed by atoms with Crippen LogP contribution in [0.15, 0.2) is 42.7 Å². The monoisotopic (exact) mass is 325 g/mol. The Morgan fingerprint density at radius 1 is 1.21 bits per heavy atom. The normalized spacial score (nSPS) is 17.0. The second-order valence-electron chi connectivity index (χ2n) is 5.90. The molecule has 0 radical (unpaired) electrons. The van der Waals surface area contributed by atoms with Crippen LogP contribution in [0.5, 0.6) is 0 Å². The number of para-hydroxylation sites is 1. The van der Waals surface area contributed by atoms with Crippen LogP contribution in [0.3, 0.4) is 0 Å². The lowest BCUT2D eigenvalue weighted by atomic mass is 10.1. The smallest absolute Gasteiger partial charge is 0.229 e. The van der Waals surface area contributed by atoms with E-state index >= 15 is 0 Å². The molecule has 24 heavy (non-hydrogen) atoms. The van der Waals surface area contributed by atoms with E-state index < -0.39 is 0 Å². The zero-order valence-corrected chi connectivity index (χ0v) is 13.6. The van der Waals surface area contributed by atoms with Crippen LogP contribution in [0.25, 0.3) is 0 Å². The number of nitrogens with one attached hydrogen (secondary N) is 1. The molecular weight excluding hydrogens is 306 g/mol. The Bertz CT molecular complexity index is 730. The average molecular weight is 325 g/mol. The van der Waals surface area contributed by atoms with Crippen LogP contribution in [-0.2, 0) is 9.59 Å². The summed E-state index contributed by atoms with van der Waals surface area (Å²) in [5.41, 5.74) is 1.34. The van der Waals surface area contributed by atoms with E-state index in [4.69, 9.17) is 0 Å². The summed E-state index contributed by atoms with van der Waals surface area (Å²) in [6.45, 7) is 0.380. The zero-order valence-electron chi connectivity index (χ0n) is 13.6. The molecule has 0 saturated carbocycles. The molecule has 1 N–H and O–H groups in total. The number of hydrogen-bond acceptors (Lipinski definition) is 5. The molecule has 124 valence electrons. The topological polar surface area (TPSA) is 78.4 Å². The standard InChI is InChI=1S/C17H19N5O2/c1-21(2)17-18-9-13(10-19-17)20-16(24)12-8-15(23)22(11-12)14-6-4-3-5-7-14/h3-7,9-10,12H,8,11H2,1-2H3,(H,20,24). The zero-order chi connectivity index (χ0) is 17.1. The van der Waals surface area contributed by atoms with Crippen LogP contribution in [0.4, 0.5) is 17.3 Å². The van der Waals surface area contributed by atoms with Crippen LogP contribution in [0.1, 0.15) is 6.42 Å². The summed E-state index contributed by atoms with van der Waals surface area (Å²) in [6.07, 6.45) is 3.33. The first-order valence-electron chi connectivity index (χ1n) is 7.70. The average Bonchev–Trinajstić information content (AvgIpc) is 2.98. The Hall–Kier alpha value is -2.96. The second kappa shape index (κ2) is 6.66. The predicted molar refractivity (Wildman–Crippen MR) is 91.9 cm³/mol. The highest BCUT2D eigenvalue weighted by atomic mass is 16.2. The molecule has 2 amide bonds. The Labute approximate surface area is 140 Å². The van der Waals surface area contributed by atoms with Crippen LogP contribution < -0.4 is 15.1 Å². The maximum Gasteiger partial charge on any atom is 0.229 e. The first kappa shape index (κ1) is 15.9. The van der Waals surface area contributed by atoms with E-state index in [1.165, 1.54) is 0 Å². The molecule has 1 aliphatic heterocycles. The number of amides is 2. The van der Waals surface area contributed by atoms with E-state index in [-0.39, 0.29) is 24.2 Å². The van der Waals surface area contributed by atoms with Crippen molar-refractivity contribution < 1.29 is 9.59 Å². The molecule has 1 aliphatic rings. The first-order valence-corrected chi connectivity index (χ1v) is 7.70. The molecule has 1 fully saturated rings. The van der Waals surface area contributed by atoms with Crippen LogP contribution >= 0.6 is 0 Å². The summed E-state index contributed by atoms with van der Waals surface area (Å²) in [5.74, 6) is -0.0472. The van der Waals surface area contributed by atoms with Crippen LogP contribution in [-0.4, -0.2) is 42.4 Å². The number of carbonyl (C=O) groups excluding carboxylic acids is 2. The van der Waals surface area contributed by atoms with Gasteiger partial charge in [0.25, 0.3) is 0 Å². The quantitative estimate of drug-likeness (QED) is 0.922. The fraction of sp³-hybridized carbons (Fsp3) is 0.294. The lowest BCUT2D eigenvalue weighted by molar-refractivity contribution is -0.122. The molecule has 2 heterocycles. The van der Waals surface area contributed by atoms with E-state index in [1.54, 1.807) is 22.2 Å². The van der Waals surface area contributed by atoms with Gasteiger partial charge in [0.2, 0.25) is 17.8 Å². The third-order valence-corrected chi connectivity index (χ3v) is 3.87. The second-order valence-corrected chi connectivity index (χ2v) is 5.90. The molecule has 0 aliphatic carbocycles. The molecule has 2 aromatic rings. The van der Waals surface area contributed by atoms with Gasteiger partial charge < -0.3 is 15.1 Å². The van der Waals surface area contributed by atoms with Gasteiger partial charge in [-0.25, -0.2) is 9.97 Å². The molecule has 7 nitrogen and oxygen atoms in total. The van der Waals surface area contributed by atoms with E-state index in [0.717, 1.165) is 5.69 Å². The Kier molecular flexibility index (Phi) is 4.41. The Morgan fingerprint density at radius 2 is 1.88 bits per heavy atom. The largest absolute Gasteiger partial charge is 0.347 e. The highest BCUT2D eigenvalue weighted by molar-refractivity contribution is 6.03. The van der Waals surface area contributed by atoms with Crippen molar-refractivity contribution in [3.05, 3.63) is 42.7 Å². The third kappa shape index (κ3) is 3.34. The lowest BCUT2D eigenvalue weighted by Gasteiger charge is -2.16. The molecule has 1 unspecified atom stereocenters. The van der Waals surface area contributed by atoms with Gasteiger partial charge in [-0.15, -0.1) is 0 Å². The summed E-state index contributed by atoms with van der Waals surface area (Å²) in [4.78, 5) is 36.3. The summed E-state index contributed by atoms with van der Waals surface area (Å²) < 4.78 is 0. The minimum Gasteiger partial charge on any atom is -0.347 e. The number of hydrogen-bond donors (Lipinski definition) is 1. The molecule has 1 saturated heterocycles. The molecule has 0 spiro atoms. The van der Waals surface area contributed by atoms with Gasteiger partial charge in [0.05, 0.1) is 24.0 Å². The lowest BCUT2D eigenvalue weighted by Crippen LogP contribution is -2.28. The number of anilines is 3. The summed E-state index contributed by atoms with van der Waals surface area (Å²) in [5, 5.41) is 2.78. The fourth-order valence-electron chi connectivity index (χ4n) is 2.60. The van der Waals surface area contributed by atoms with Gasteiger partial charge in [-0.05, 0) is 12.1 Å². The van der Waals surface area contributed by atoms with Gasteiger partial charge in [0.1, 0.15) is 0 Å². The summed E-state index contributed by atoms with van der Waals surface area (Å²) in [7, 11) is 3.69. The minimum absolute atomic E-state index is 0.0412. The number of nitrogens with zero attached hydrogens (tertiary/aromatic N) is 4. The molecule has 1 atom stereocenters. The fourth-order valence-corrected chi connectivity index (χ4v) is 2.60. The summed E-state index contributed by atoms with van der Waals surface area (Å²) >= 11 is 0. The molecule has 3 rings (SSSR count). The Balaban J connectivity index is 1.65. The van der Waals surface area contributed by atoms with Crippen LogP contribution in [0.2, 0.25) is 0 Å². The summed E-state index contributed by atoms with van der Waals surface area (Å²) in [6, 6.07) is 9.38. The molecular formula is C17H19N5O2. The van der Waals surface area contributed by atoms with Gasteiger partial charge in [0, 0.05) is 32.7 Å². The van der Waals surface area contributed by atoms with E-state index in [0.29, 0.717) is 18.2 Å². The third-order valence-electron chi connectivity index (χ3n) is 3.87. The van der Waals surface area contributed by atoms with Gasteiger partial charge in [-0.3, -0.25) is 9.59 Å². The van der Waals surface area contributed by atoms with Gasteiger partial charge >= 0.3 is 0 Å². The van der Waals surface area contributed by atoms with Crippen LogP contribution in [0, 0.1) is 5.92 Å². The molecule has 0 bridgehead atoms. The molecule has 7 heteroatoms. The van der Waals surface area contributed by atoms with Crippen molar-refractivity contribution in [1.82, 2.24) is 9.97 Å². The van der Waals surface area contributed by atoms with E-state index in [1.807, 2.05) is 44.4 Å². The predicted octanol–water partition coefficient (Wildman–Crippen LogP) is 1.53. The molecule has 1 aromatic heterocycles. The van der Waals surface area contributed by atoms with Crippen molar-refractivity contribution >= 4 is 29.1 Å². The number of rotatable bonds is 4. The van der Waals surface area contributed by atoms with Crippen molar-refractivity contribution in [2.45, 2.75) is 6.42 Å². The number of carbonyl (C=O) groups is 2. The van der Waals surface area contributed by atoms with Crippen molar-refractivity contribution in [3.8, 4) is 0 Å². The maximum absolute atomic E-state index is 12.4. The highest BCUT2D eigenvalue weighted by Gasteiger charge is 2.35. The molecule has 1 aromatic carbocycles. The van der Waals surface area contributed by atoms with Gasteiger partial charge in [0.15, 0.2) is 0 Å². The number of benzene rings is 1. The highest BCUT2D eigenvalue weighted by Crippen LogP contribution is 2.25. The van der Waals surface area contributed by atoms with Crippen molar-refractivity contribution in [3.63, 3.8) is 0 Å². The maximum atomic E-state index is 12.4. The van der Waals surface area contributed by atoms with Gasteiger partial charge in [-0.1, -0.05) is 18.2 Å². The number of aromatic nitrogens is 2. The first-order chi connectivity index (χ1) is 11.5. The minimum atomic E-state index is -0.383. The van der Waals surface area contributed by atoms with Crippen molar-refractivity contribution in [2.75, 3.05) is 35.8 Å². The van der Waals surface area contributed by atoms with Gasteiger partial charge in [-0.2, -0.15) is 0 Å². The van der Waals surface area contributed by atoms with E-state index in [9.17, 15) is 9.59 Å². The SMILES string of the molecule is CN(C)c1ncc(NC(=O)C2CC(=O)N(c3ccccc3)C2)cn1. The Morgan fingerprint density at radius 3 is 2.50 bits per heavy atom. The van der Waals surface area contributed by atoms with Crippen molar-refractivity contribution in [2.24, 2.45) is 5.92 Å². The van der Waals surface area contributed by atoms with Crippen molar-refractivity contribution in [1.29, 1.82) is 0 Å².